The SMILES string of the molecule is COc1cc(N(CC(=O)Nc2cc(Cl)ccc2C)S(C)(=O)=O)c(OC)cc1Cl. The predicted octanol–water partition coefficient (Wildman–Crippen LogP) is 3.72. The van der Waals surface area contributed by atoms with Gasteiger partial charge in [-0.15, -0.1) is 0 Å². The number of benzene rings is 2. The summed E-state index contributed by atoms with van der Waals surface area (Å²) in [7, 11) is -1.05. The van der Waals surface area contributed by atoms with Crippen molar-refractivity contribution in [1.82, 2.24) is 0 Å². The van der Waals surface area contributed by atoms with E-state index in [1.807, 2.05) is 0 Å². The molecule has 0 heterocycles. The summed E-state index contributed by atoms with van der Waals surface area (Å²) in [6.45, 7) is 1.32. The van der Waals surface area contributed by atoms with Gasteiger partial charge >= 0.3 is 0 Å². The summed E-state index contributed by atoms with van der Waals surface area (Å²) < 4.78 is 36.1. The van der Waals surface area contributed by atoms with Crippen LogP contribution in [-0.4, -0.2) is 41.3 Å². The van der Waals surface area contributed by atoms with E-state index in [2.05, 4.69) is 5.32 Å². The third-order valence-electron chi connectivity index (χ3n) is 3.88. The van der Waals surface area contributed by atoms with Crippen molar-refractivity contribution >= 4 is 50.5 Å². The lowest BCUT2D eigenvalue weighted by Gasteiger charge is -2.24. The molecule has 2 rings (SSSR count). The summed E-state index contributed by atoms with van der Waals surface area (Å²) in [4.78, 5) is 12.6. The molecule has 0 spiro atoms. The van der Waals surface area contributed by atoms with Gasteiger partial charge in [0.2, 0.25) is 15.9 Å². The van der Waals surface area contributed by atoms with E-state index < -0.39 is 22.5 Å². The second kappa shape index (κ2) is 8.89. The highest BCUT2D eigenvalue weighted by atomic mass is 35.5. The fraction of sp³-hybridized carbons (Fsp3) is 0.278. The monoisotopic (exact) mass is 446 g/mol. The van der Waals surface area contributed by atoms with Crippen molar-refractivity contribution in [1.29, 1.82) is 0 Å². The van der Waals surface area contributed by atoms with E-state index in [1.165, 1.54) is 26.4 Å². The Labute approximate surface area is 174 Å². The van der Waals surface area contributed by atoms with Crippen LogP contribution in [0.4, 0.5) is 11.4 Å². The number of ether oxygens (including phenoxy) is 2. The average Bonchev–Trinajstić information content (AvgIpc) is 2.61. The van der Waals surface area contributed by atoms with Gasteiger partial charge in [0.1, 0.15) is 18.0 Å². The van der Waals surface area contributed by atoms with E-state index in [0.717, 1.165) is 16.1 Å². The molecule has 1 N–H and O–H groups in total. The lowest BCUT2D eigenvalue weighted by Crippen LogP contribution is -2.37. The number of hydrogen-bond donors (Lipinski definition) is 1. The van der Waals surface area contributed by atoms with Crippen LogP contribution in [0.25, 0.3) is 0 Å². The molecule has 0 atom stereocenters. The van der Waals surface area contributed by atoms with Crippen molar-refractivity contribution in [2.45, 2.75) is 6.92 Å². The van der Waals surface area contributed by atoms with Gasteiger partial charge < -0.3 is 14.8 Å². The maximum atomic E-state index is 12.6. The normalized spacial score (nSPS) is 11.1. The zero-order chi connectivity index (χ0) is 21.1. The minimum absolute atomic E-state index is 0.129. The standard InChI is InChI=1S/C18H20Cl2N2O5S/c1-11-5-6-12(19)7-14(11)21-18(23)10-22(28(4,24)25)15-9-16(26-2)13(20)8-17(15)27-3/h5-9H,10H2,1-4H3,(H,21,23). The molecule has 2 aromatic carbocycles. The Balaban J connectivity index is 2.40. The van der Waals surface area contributed by atoms with Gasteiger partial charge in [-0.2, -0.15) is 0 Å². The van der Waals surface area contributed by atoms with Crippen molar-refractivity contribution in [3.63, 3.8) is 0 Å². The highest BCUT2D eigenvalue weighted by molar-refractivity contribution is 7.92. The number of anilines is 2. The summed E-state index contributed by atoms with van der Waals surface area (Å²) in [6, 6.07) is 7.86. The van der Waals surface area contributed by atoms with Gasteiger partial charge in [0, 0.05) is 22.8 Å². The van der Waals surface area contributed by atoms with E-state index in [4.69, 9.17) is 32.7 Å². The van der Waals surface area contributed by atoms with Gasteiger partial charge in [0.25, 0.3) is 0 Å². The summed E-state index contributed by atoms with van der Waals surface area (Å²) in [5.41, 5.74) is 1.41. The first-order valence-electron chi connectivity index (χ1n) is 8.02. The lowest BCUT2D eigenvalue weighted by atomic mass is 10.2. The number of methoxy groups -OCH3 is 2. The van der Waals surface area contributed by atoms with E-state index >= 15 is 0 Å². The number of carbonyl (C=O) groups excluding carboxylic acids is 1. The maximum Gasteiger partial charge on any atom is 0.245 e. The van der Waals surface area contributed by atoms with Crippen LogP contribution in [0.1, 0.15) is 5.56 Å². The van der Waals surface area contributed by atoms with Crippen molar-refractivity contribution < 1.29 is 22.7 Å². The number of sulfonamides is 1. The molecule has 0 aliphatic carbocycles. The molecule has 0 aliphatic rings. The number of amides is 1. The third-order valence-corrected chi connectivity index (χ3v) is 5.54. The second-order valence-corrected chi connectivity index (χ2v) is 8.69. The number of aryl methyl sites for hydroxylation is 1. The number of halogens is 2. The van der Waals surface area contributed by atoms with E-state index in [9.17, 15) is 13.2 Å². The molecule has 0 bridgehead atoms. The van der Waals surface area contributed by atoms with Crippen LogP contribution in [0.15, 0.2) is 30.3 Å². The average molecular weight is 447 g/mol. The van der Waals surface area contributed by atoms with Gasteiger partial charge in [-0.05, 0) is 24.6 Å². The van der Waals surface area contributed by atoms with Crippen LogP contribution in [0, 0.1) is 6.92 Å². The summed E-state index contributed by atoms with van der Waals surface area (Å²) >= 11 is 12.0. The maximum absolute atomic E-state index is 12.6. The largest absolute Gasteiger partial charge is 0.495 e. The van der Waals surface area contributed by atoms with Gasteiger partial charge in [-0.1, -0.05) is 29.3 Å². The molecule has 0 saturated carbocycles. The Kier molecular flexibility index (Phi) is 7.03. The summed E-state index contributed by atoms with van der Waals surface area (Å²) in [6.07, 6.45) is 0.992. The molecule has 10 heteroatoms. The number of nitrogens with one attached hydrogen (secondary N) is 1. The summed E-state index contributed by atoms with van der Waals surface area (Å²) in [5.74, 6) is -0.119. The quantitative estimate of drug-likeness (QED) is 0.700. The topological polar surface area (TPSA) is 84.9 Å². The Morgan fingerprint density at radius 3 is 2.32 bits per heavy atom. The molecule has 28 heavy (non-hydrogen) atoms. The summed E-state index contributed by atoms with van der Waals surface area (Å²) in [5, 5.41) is 3.37. The number of hydrogen-bond acceptors (Lipinski definition) is 5. The highest BCUT2D eigenvalue weighted by Crippen LogP contribution is 2.39. The van der Waals surface area contributed by atoms with Crippen LogP contribution in [0.3, 0.4) is 0 Å². The zero-order valence-electron chi connectivity index (χ0n) is 15.7. The number of nitrogens with zero attached hydrogens (tertiary/aromatic N) is 1. The Morgan fingerprint density at radius 2 is 1.75 bits per heavy atom. The predicted molar refractivity (Wildman–Crippen MR) is 112 cm³/mol. The van der Waals surface area contributed by atoms with Gasteiger partial charge in [0.15, 0.2) is 0 Å². The first kappa shape index (κ1) is 22.1. The van der Waals surface area contributed by atoms with Crippen LogP contribution < -0.4 is 19.1 Å². The van der Waals surface area contributed by atoms with Crippen LogP contribution in [0.2, 0.25) is 10.0 Å². The fourth-order valence-corrected chi connectivity index (χ4v) is 3.72. The van der Waals surface area contributed by atoms with Gasteiger partial charge in [0.05, 0.1) is 31.2 Å². The first-order valence-corrected chi connectivity index (χ1v) is 10.6. The smallest absolute Gasteiger partial charge is 0.245 e. The van der Waals surface area contributed by atoms with Gasteiger partial charge in [-0.25, -0.2) is 8.42 Å². The highest BCUT2D eigenvalue weighted by Gasteiger charge is 2.26. The number of carbonyl (C=O) groups is 1. The Bertz CT molecular complexity index is 996. The van der Waals surface area contributed by atoms with Crippen molar-refractivity contribution in [3.05, 3.63) is 45.9 Å². The lowest BCUT2D eigenvalue weighted by molar-refractivity contribution is -0.114. The van der Waals surface area contributed by atoms with Crippen LogP contribution in [0.5, 0.6) is 11.5 Å². The Morgan fingerprint density at radius 1 is 1.11 bits per heavy atom. The van der Waals surface area contributed by atoms with Crippen molar-refractivity contribution in [2.75, 3.05) is 36.6 Å². The van der Waals surface area contributed by atoms with Crippen molar-refractivity contribution in [3.8, 4) is 11.5 Å². The van der Waals surface area contributed by atoms with E-state index in [-0.39, 0.29) is 22.2 Å². The first-order chi connectivity index (χ1) is 13.1. The molecular weight excluding hydrogens is 427 g/mol. The molecule has 0 unspecified atom stereocenters. The van der Waals surface area contributed by atoms with E-state index in [0.29, 0.717) is 10.7 Å². The van der Waals surface area contributed by atoms with Crippen LogP contribution >= 0.6 is 23.2 Å². The second-order valence-electron chi connectivity index (χ2n) is 5.94. The molecule has 0 aromatic heterocycles. The minimum atomic E-state index is -3.83. The number of rotatable bonds is 7. The van der Waals surface area contributed by atoms with Crippen LogP contribution in [-0.2, 0) is 14.8 Å². The minimum Gasteiger partial charge on any atom is -0.495 e. The molecule has 0 aliphatic heterocycles. The molecule has 0 radical (unpaired) electrons. The third kappa shape index (κ3) is 5.21. The molecular formula is C18H20Cl2N2O5S. The van der Waals surface area contributed by atoms with Gasteiger partial charge in [-0.3, -0.25) is 9.10 Å². The molecule has 0 saturated heterocycles. The van der Waals surface area contributed by atoms with E-state index in [1.54, 1.807) is 25.1 Å². The van der Waals surface area contributed by atoms with Crippen molar-refractivity contribution in [2.24, 2.45) is 0 Å². The molecule has 0 fully saturated rings. The fourth-order valence-electron chi connectivity index (χ4n) is 2.47. The zero-order valence-corrected chi connectivity index (χ0v) is 18.1. The Hall–Kier alpha value is -2.16. The molecule has 152 valence electrons. The molecule has 7 nitrogen and oxygen atoms in total. The molecule has 1 amide bonds. The molecule has 2 aromatic rings.